The lowest BCUT2D eigenvalue weighted by Crippen LogP contribution is -2.36. The van der Waals surface area contributed by atoms with E-state index in [1.165, 1.54) is 50.7 Å². The second-order valence-corrected chi connectivity index (χ2v) is 7.89. The molecule has 0 aromatic heterocycles. The van der Waals surface area contributed by atoms with Gasteiger partial charge in [-0.15, -0.1) is 0 Å². The molecule has 0 atom stereocenters. The Bertz CT molecular complexity index is 946. The fourth-order valence-electron chi connectivity index (χ4n) is 2.05. The van der Waals surface area contributed by atoms with Crippen LogP contribution >= 0.6 is 11.6 Å². The van der Waals surface area contributed by atoms with E-state index < -0.39 is 22.5 Å². The molecule has 0 spiro atoms. The van der Waals surface area contributed by atoms with Gasteiger partial charge in [0.15, 0.2) is 0 Å². The summed E-state index contributed by atoms with van der Waals surface area (Å²) in [6.45, 7) is -0.432. The van der Waals surface area contributed by atoms with E-state index in [1.54, 1.807) is 12.1 Å². The van der Waals surface area contributed by atoms with Crippen molar-refractivity contribution >= 4 is 33.7 Å². The van der Waals surface area contributed by atoms with E-state index in [-0.39, 0.29) is 15.7 Å². The molecule has 0 aliphatic heterocycles. The van der Waals surface area contributed by atoms with Crippen LogP contribution in [0.3, 0.4) is 0 Å². The third kappa shape index (κ3) is 5.43. The number of phenols is 1. The number of phenolic OH excluding ortho intramolecular Hbond substituents is 1. The van der Waals surface area contributed by atoms with Gasteiger partial charge in [0.25, 0.3) is 5.91 Å². The SMILES string of the molecule is COc1ccc(S(=O)(=O)N(C)CC(=O)NN=Cc2ccc(O)cc2)cc1Cl. The maximum Gasteiger partial charge on any atom is 0.255 e. The first-order valence-electron chi connectivity index (χ1n) is 7.65. The molecule has 0 bridgehead atoms. The molecule has 8 nitrogen and oxygen atoms in total. The maximum atomic E-state index is 12.5. The zero-order chi connectivity index (χ0) is 20.0. The van der Waals surface area contributed by atoms with Crippen molar-refractivity contribution < 1.29 is 23.1 Å². The Morgan fingerprint density at radius 1 is 1.30 bits per heavy atom. The van der Waals surface area contributed by atoms with Gasteiger partial charge in [-0.1, -0.05) is 11.6 Å². The molecule has 1 amide bonds. The number of ether oxygens (including phenoxy) is 1. The first-order chi connectivity index (χ1) is 12.7. The molecular weight excluding hydrogens is 394 g/mol. The fraction of sp³-hybridized carbons (Fsp3) is 0.176. The lowest BCUT2D eigenvalue weighted by molar-refractivity contribution is -0.121. The number of likely N-dealkylation sites (N-methyl/N-ethyl adjacent to an activating group) is 1. The summed E-state index contributed by atoms with van der Waals surface area (Å²) in [5.74, 6) is -0.156. The highest BCUT2D eigenvalue weighted by atomic mass is 35.5. The summed E-state index contributed by atoms with van der Waals surface area (Å²) in [5, 5.41) is 13.1. The molecule has 2 N–H and O–H groups in total. The number of methoxy groups -OCH3 is 1. The van der Waals surface area contributed by atoms with Crippen molar-refractivity contribution in [3.8, 4) is 11.5 Å². The Morgan fingerprint density at radius 3 is 2.56 bits per heavy atom. The molecule has 0 heterocycles. The van der Waals surface area contributed by atoms with Gasteiger partial charge in [0.2, 0.25) is 10.0 Å². The Balaban J connectivity index is 2.00. The fourth-order valence-corrected chi connectivity index (χ4v) is 3.53. The number of hydrogen-bond donors (Lipinski definition) is 2. The predicted molar refractivity (Wildman–Crippen MR) is 102 cm³/mol. The minimum absolute atomic E-state index is 0.0591. The summed E-state index contributed by atoms with van der Waals surface area (Å²) in [6.07, 6.45) is 1.37. The monoisotopic (exact) mass is 411 g/mol. The molecule has 0 unspecified atom stereocenters. The number of nitrogens with one attached hydrogen (secondary N) is 1. The highest BCUT2D eigenvalue weighted by Gasteiger charge is 2.23. The number of amides is 1. The molecule has 0 saturated heterocycles. The summed E-state index contributed by atoms with van der Waals surface area (Å²) >= 11 is 5.96. The third-order valence-electron chi connectivity index (χ3n) is 3.49. The van der Waals surface area contributed by atoms with Gasteiger partial charge in [-0.05, 0) is 48.0 Å². The van der Waals surface area contributed by atoms with E-state index >= 15 is 0 Å². The Kier molecular flexibility index (Phi) is 6.78. The largest absolute Gasteiger partial charge is 0.508 e. The summed E-state index contributed by atoms with van der Waals surface area (Å²) < 4.78 is 30.9. The second kappa shape index (κ2) is 8.85. The van der Waals surface area contributed by atoms with E-state index in [1.807, 2.05) is 0 Å². The van der Waals surface area contributed by atoms with Gasteiger partial charge in [0, 0.05) is 7.05 Å². The van der Waals surface area contributed by atoms with Gasteiger partial charge in [-0.2, -0.15) is 9.41 Å². The average molecular weight is 412 g/mol. The van der Waals surface area contributed by atoms with Crippen molar-refractivity contribution in [2.75, 3.05) is 20.7 Å². The summed E-state index contributed by atoms with van der Waals surface area (Å²) in [6, 6.07) is 10.2. The van der Waals surface area contributed by atoms with Crippen LogP contribution < -0.4 is 10.2 Å². The number of sulfonamides is 1. The summed E-state index contributed by atoms with van der Waals surface area (Å²) in [5.41, 5.74) is 2.90. The first kappa shape index (κ1) is 20.7. The number of halogens is 1. The quantitative estimate of drug-likeness (QED) is 0.533. The zero-order valence-corrected chi connectivity index (χ0v) is 16.2. The number of rotatable bonds is 7. The van der Waals surface area contributed by atoms with Crippen LogP contribution in [0.25, 0.3) is 0 Å². The third-order valence-corrected chi connectivity index (χ3v) is 5.59. The number of hydrazone groups is 1. The number of nitrogens with zero attached hydrogens (tertiary/aromatic N) is 2. The molecule has 10 heteroatoms. The average Bonchev–Trinajstić information content (AvgIpc) is 2.63. The lowest BCUT2D eigenvalue weighted by atomic mass is 10.2. The zero-order valence-electron chi connectivity index (χ0n) is 14.6. The number of benzene rings is 2. The number of hydrogen-bond acceptors (Lipinski definition) is 6. The van der Waals surface area contributed by atoms with Gasteiger partial charge in [-0.25, -0.2) is 13.8 Å². The van der Waals surface area contributed by atoms with Crippen LogP contribution in [0, 0.1) is 0 Å². The van der Waals surface area contributed by atoms with Crippen molar-refractivity contribution in [2.24, 2.45) is 5.10 Å². The molecule has 2 rings (SSSR count). The molecule has 0 aliphatic carbocycles. The predicted octanol–water partition coefficient (Wildman–Crippen LogP) is 1.82. The minimum atomic E-state index is -3.91. The molecular formula is C17H18ClN3O5S. The summed E-state index contributed by atoms with van der Waals surface area (Å²) in [4.78, 5) is 11.9. The van der Waals surface area contributed by atoms with Gasteiger partial charge in [0.05, 0.1) is 29.8 Å². The van der Waals surface area contributed by atoms with Crippen LogP contribution in [0.15, 0.2) is 52.5 Å². The van der Waals surface area contributed by atoms with Crippen molar-refractivity contribution in [2.45, 2.75) is 4.90 Å². The number of aromatic hydroxyl groups is 1. The van der Waals surface area contributed by atoms with Crippen LogP contribution in [0.1, 0.15) is 5.56 Å². The van der Waals surface area contributed by atoms with Crippen molar-refractivity contribution in [1.82, 2.24) is 9.73 Å². The minimum Gasteiger partial charge on any atom is -0.508 e. The van der Waals surface area contributed by atoms with Crippen LogP contribution in [0.5, 0.6) is 11.5 Å². The van der Waals surface area contributed by atoms with E-state index in [0.29, 0.717) is 11.3 Å². The Labute approximate surface area is 162 Å². The van der Waals surface area contributed by atoms with E-state index in [2.05, 4.69) is 10.5 Å². The molecule has 144 valence electrons. The van der Waals surface area contributed by atoms with E-state index in [0.717, 1.165) is 4.31 Å². The first-order valence-corrected chi connectivity index (χ1v) is 9.46. The maximum absolute atomic E-state index is 12.5. The van der Waals surface area contributed by atoms with Gasteiger partial charge in [0.1, 0.15) is 11.5 Å². The van der Waals surface area contributed by atoms with Gasteiger partial charge < -0.3 is 9.84 Å². The van der Waals surface area contributed by atoms with Crippen molar-refractivity contribution in [1.29, 1.82) is 0 Å². The molecule has 0 radical (unpaired) electrons. The van der Waals surface area contributed by atoms with E-state index in [4.69, 9.17) is 16.3 Å². The normalized spacial score (nSPS) is 11.7. The van der Waals surface area contributed by atoms with Gasteiger partial charge in [-0.3, -0.25) is 4.79 Å². The smallest absolute Gasteiger partial charge is 0.255 e. The molecule has 0 aliphatic rings. The second-order valence-electron chi connectivity index (χ2n) is 5.44. The Morgan fingerprint density at radius 2 is 1.96 bits per heavy atom. The number of carbonyl (C=O) groups excluding carboxylic acids is 1. The van der Waals surface area contributed by atoms with Crippen LogP contribution in [0.2, 0.25) is 5.02 Å². The molecule has 27 heavy (non-hydrogen) atoms. The lowest BCUT2D eigenvalue weighted by Gasteiger charge is -2.16. The van der Waals surface area contributed by atoms with Crippen molar-refractivity contribution in [3.63, 3.8) is 0 Å². The standard InChI is InChI=1S/C17H18ClN3O5S/c1-21(27(24,25)14-7-8-16(26-2)15(18)9-14)11-17(23)20-19-10-12-3-5-13(22)6-4-12/h3-10,22H,11H2,1-2H3,(H,20,23). The van der Waals surface area contributed by atoms with Crippen LogP contribution in [-0.4, -0.2) is 50.7 Å². The molecule has 2 aromatic rings. The highest BCUT2D eigenvalue weighted by Crippen LogP contribution is 2.27. The molecule has 2 aromatic carbocycles. The molecule has 0 saturated carbocycles. The van der Waals surface area contributed by atoms with Crippen LogP contribution in [0.4, 0.5) is 0 Å². The Hall–Kier alpha value is -2.62. The number of carbonyl (C=O) groups is 1. The highest BCUT2D eigenvalue weighted by molar-refractivity contribution is 7.89. The van der Waals surface area contributed by atoms with Gasteiger partial charge >= 0.3 is 0 Å². The molecule has 0 fully saturated rings. The van der Waals surface area contributed by atoms with Crippen LogP contribution in [-0.2, 0) is 14.8 Å². The topological polar surface area (TPSA) is 108 Å². The van der Waals surface area contributed by atoms with E-state index in [9.17, 15) is 18.3 Å². The van der Waals surface area contributed by atoms with Crippen molar-refractivity contribution in [3.05, 3.63) is 53.1 Å². The summed E-state index contributed by atoms with van der Waals surface area (Å²) in [7, 11) is -1.21.